The summed E-state index contributed by atoms with van der Waals surface area (Å²) in [6, 6.07) is 15.0. The van der Waals surface area contributed by atoms with Crippen LogP contribution in [0.25, 0.3) is 0 Å². The Bertz CT molecular complexity index is 597. The highest BCUT2D eigenvalue weighted by atomic mass is 16.5. The maximum Gasteiger partial charge on any atom is 0.319 e. The fourth-order valence-electron chi connectivity index (χ4n) is 1.90. The van der Waals surface area contributed by atoms with Crippen LogP contribution in [0.4, 0.5) is 10.5 Å². The van der Waals surface area contributed by atoms with Crippen molar-refractivity contribution in [2.75, 3.05) is 12.4 Å². The molecule has 0 aliphatic heterocycles. The van der Waals surface area contributed by atoms with E-state index in [4.69, 9.17) is 4.74 Å². The van der Waals surface area contributed by atoms with Gasteiger partial charge in [0.1, 0.15) is 5.75 Å². The van der Waals surface area contributed by atoms with Gasteiger partial charge in [-0.3, -0.25) is 0 Å². The first-order valence-electron chi connectivity index (χ1n) is 6.43. The first kappa shape index (κ1) is 13.9. The van der Waals surface area contributed by atoms with Crippen molar-refractivity contribution in [3.63, 3.8) is 0 Å². The third-order valence-electron chi connectivity index (χ3n) is 3.06. The SMILES string of the molecule is COc1ccccc1NC(=O)NCc1ccccc1C. The Morgan fingerprint density at radius 1 is 1.10 bits per heavy atom. The van der Waals surface area contributed by atoms with Crippen molar-refractivity contribution < 1.29 is 9.53 Å². The summed E-state index contributed by atoms with van der Waals surface area (Å²) in [6.07, 6.45) is 0. The van der Waals surface area contributed by atoms with Crippen molar-refractivity contribution in [3.05, 3.63) is 59.7 Å². The summed E-state index contributed by atoms with van der Waals surface area (Å²) in [6.45, 7) is 2.52. The molecule has 0 aromatic heterocycles. The molecule has 0 saturated carbocycles. The highest BCUT2D eigenvalue weighted by Crippen LogP contribution is 2.22. The van der Waals surface area contributed by atoms with Gasteiger partial charge in [-0.1, -0.05) is 36.4 Å². The summed E-state index contributed by atoms with van der Waals surface area (Å²) in [5.74, 6) is 0.638. The van der Waals surface area contributed by atoms with Gasteiger partial charge in [-0.15, -0.1) is 0 Å². The van der Waals surface area contributed by atoms with E-state index in [0.29, 0.717) is 18.0 Å². The van der Waals surface area contributed by atoms with E-state index in [2.05, 4.69) is 10.6 Å². The normalized spacial score (nSPS) is 9.90. The molecule has 0 radical (unpaired) electrons. The molecule has 4 nitrogen and oxygen atoms in total. The second-order valence-electron chi connectivity index (χ2n) is 4.43. The Morgan fingerprint density at radius 3 is 2.55 bits per heavy atom. The number of methoxy groups -OCH3 is 1. The number of carbonyl (C=O) groups excluding carboxylic acids is 1. The lowest BCUT2D eigenvalue weighted by Crippen LogP contribution is -2.28. The van der Waals surface area contributed by atoms with Gasteiger partial charge in [0.25, 0.3) is 0 Å². The third kappa shape index (κ3) is 3.51. The fourth-order valence-corrected chi connectivity index (χ4v) is 1.90. The zero-order valence-corrected chi connectivity index (χ0v) is 11.6. The fraction of sp³-hybridized carbons (Fsp3) is 0.188. The second kappa shape index (κ2) is 6.61. The van der Waals surface area contributed by atoms with E-state index in [-0.39, 0.29) is 6.03 Å². The zero-order valence-electron chi connectivity index (χ0n) is 11.6. The lowest BCUT2D eigenvalue weighted by atomic mass is 10.1. The summed E-state index contributed by atoms with van der Waals surface area (Å²) < 4.78 is 5.19. The van der Waals surface area contributed by atoms with E-state index in [9.17, 15) is 4.79 Å². The number of hydrogen-bond donors (Lipinski definition) is 2. The molecule has 0 heterocycles. The molecule has 2 aromatic carbocycles. The topological polar surface area (TPSA) is 50.4 Å². The number of hydrogen-bond acceptors (Lipinski definition) is 2. The minimum absolute atomic E-state index is 0.252. The maximum absolute atomic E-state index is 11.9. The molecule has 2 rings (SSSR count). The lowest BCUT2D eigenvalue weighted by Gasteiger charge is -2.11. The van der Waals surface area contributed by atoms with Crippen LogP contribution in [-0.2, 0) is 6.54 Å². The largest absolute Gasteiger partial charge is 0.495 e. The Hall–Kier alpha value is -2.49. The van der Waals surface area contributed by atoms with Gasteiger partial charge in [-0.05, 0) is 30.2 Å². The number of urea groups is 1. The van der Waals surface area contributed by atoms with Gasteiger partial charge in [-0.25, -0.2) is 4.79 Å². The number of anilines is 1. The molecule has 20 heavy (non-hydrogen) atoms. The molecular formula is C16H18N2O2. The third-order valence-corrected chi connectivity index (χ3v) is 3.06. The van der Waals surface area contributed by atoms with Crippen LogP contribution in [0.3, 0.4) is 0 Å². The standard InChI is InChI=1S/C16H18N2O2/c1-12-7-3-4-8-13(12)11-17-16(19)18-14-9-5-6-10-15(14)20-2/h3-10H,11H2,1-2H3,(H2,17,18,19). The summed E-state index contributed by atoms with van der Waals surface area (Å²) >= 11 is 0. The number of aryl methyl sites for hydroxylation is 1. The van der Waals surface area contributed by atoms with Crippen LogP contribution >= 0.6 is 0 Å². The van der Waals surface area contributed by atoms with Gasteiger partial charge in [0.05, 0.1) is 12.8 Å². The van der Waals surface area contributed by atoms with Crippen molar-refractivity contribution in [2.45, 2.75) is 13.5 Å². The number of benzene rings is 2. The highest BCUT2D eigenvalue weighted by molar-refractivity contribution is 5.90. The monoisotopic (exact) mass is 270 g/mol. The quantitative estimate of drug-likeness (QED) is 0.895. The molecule has 0 aliphatic carbocycles. The van der Waals surface area contributed by atoms with E-state index in [0.717, 1.165) is 11.1 Å². The molecule has 0 bridgehead atoms. The van der Waals surface area contributed by atoms with Crippen molar-refractivity contribution in [1.29, 1.82) is 0 Å². The number of nitrogens with one attached hydrogen (secondary N) is 2. The minimum Gasteiger partial charge on any atom is -0.495 e. The number of ether oxygens (including phenoxy) is 1. The summed E-state index contributed by atoms with van der Waals surface area (Å²) in [4.78, 5) is 11.9. The van der Waals surface area contributed by atoms with Gasteiger partial charge >= 0.3 is 6.03 Å². The molecular weight excluding hydrogens is 252 g/mol. The number of carbonyl (C=O) groups is 1. The Balaban J connectivity index is 1.95. The summed E-state index contributed by atoms with van der Waals surface area (Å²) in [7, 11) is 1.58. The number of para-hydroxylation sites is 2. The second-order valence-corrected chi connectivity index (χ2v) is 4.43. The van der Waals surface area contributed by atoms with Crippen molar-refractivity contribution in [2.24, 2.45) is 0 Å². The lowest BCUT2D eigenvalue weighted by molar-refractivity contribution is 0.251. The van der Waals surface area contributed by atoms with E-state index in [1.165, 1.54) is 0 Å². The molecule has 2 amide bonds. The molecule has 104 valence electrons. The molecule has 0 atom stereocenters. The first-order valence-corrected chi connectivity index (χ1v) is 6.43. The van der Waals surface area contributed by atoms with E-state index < -0.39 is 0 Å². The highest BCUT2D eigenvalue weighted by Gasteiger charge is 2.06. The Labute approximate surface area is 118 Å². The predicted molar refractivity (Wildman–Crippen MR) is 80.0 cm³/mol. The van der Waals surface area contributed by atoms with Crippen LogP contribution in [0.5, 0.6) is 5.75 Å². The molecule has 2 N–H and O–H groups in total. The van der Waals surface area contributed by atoms with Gasteiger partial charge < -0.3 is 15.4 Å². The molecule has 0 saturated heterocycles. The molecule has 4 heteroatoms. The van der Waals surface area contributed by atoms with Gasteiger partial charge in [0, 0.05) is 6.54 Å². The maximum atomic E-state index is 11.9. The Morgan fingerprint density at radius 2 is 1.80 bits per heavy atom. The number of rotatable bonds is 4. The van der Waals surface area contributed by atoms with Crippen LogP contribution in [0.1, 0.15) is 11.1 Å². The van der Waals surface area contributed by atoms with Crippen molar-refractivity contribution >= 4 is 11.7 Å². The zero-order chi connectivity index (χ0) is 14.4. The van der Waals surface area contributed by atoms with E-state index in [1.807, 2.05) is 43.3 Å². The van der Waals surface area contributed by atoms with Crippen molar-refractivity contribution in [3.8, 4) is 5.75 Å². The first-order chi connectivity index (χ1) is 9.70. The van der Waals surface area contributed by atoms with Crippen LogP contribution in [-0.4, -0.2) is 13.1 Å². The average molecular weight is 270 g/mol. The summed E-state index contributed by atoms with van der Waals surface area (Å²) in [5.41, 5.74) is 2.91. The average Bonchev–Trinajstić information content (AvgIpc) is 2.47. The summed E-state index contributed by atoms with van der Waals surface area (Å²) in [5, 5.41) is 5.61. The van der Waals surface area contributed by atoms with E-state index in [1.54, 1.807) is 19.2 Å². The minimum atomic E-state index is -0.252. The van der Waals surface area contributed by atoms with Crippen molar-refractivity contribution in [1.82, 2.24) is 5.32 Å². The molecule has 0 fully saturated rings. The molecule has 0 spiro atoms. The number of amides is 2. The van der Waals surface area contributed by atoms with Gasteiger partial charge in [0.15, 0.2) is 0 Å². The van der Waals surface area contributed by atoms with Crippen LogP contribution in [0.2, 0.25) is 0 Å². The molecule has 2 aromatic rings. The van der Waals surface area contributed by atoms with Crippen LogP contribution in [0.15, 0.2) is 48.5 Å². The van der Waals surface area contributed by atoms with Crippen LogP contribution < -0.4 is 15.4 Å². The van der Waals surface area contributed by atoms with Gasteiger partial charge in [-0.2, -0.15) is 0 Å². The smallest absolute Gasteiger partial charge is 0.319 e. The Kier molecular flexibility index (Phi) is 4.60. The van der Waals surface area contributed by atoms with Crippen LogP contribution in [0, 0.1) is 6.92 Å². The molecule has 0 aliphatic rings. The molecule has 0 unspecified atom stereocenters. The van der Waals surface area contributed by atoms with E-state index >= 15 is 0 Å². The van der Waals surface area contributed by atoms with Gasteiger partial charge in [0.2, 0.25) is 0 Å². The predicted octanol–water partition coefficient (Wildman–Crippen LogP) is 3.33.